The van der Waals surface area contributed by atoms with Gasteiger partial charge in [0.2, 0.25) is 5.75 Å². The van der Waals surface area contributed by atoms with E-state index in [2.05, 4.69) is 5.32 Å². The van der Waals surface area contributed by atoms with Gasteiger partial charge in [0.1, 0.15) is 13.2 Å². The number of carbonyl (C=O) groups is 2. The molecule has 0 aromatic heterocycles. The van der Waals surface area contributed by atoms with Crippen molar-refractivity contribution in [2.75, 3.05) is 26.9 Å². The predicted molar refractivity (Wildman–Crippen MR) is 96.5 cm³/mol. The van der Waals surface area contributed by atoms with Gasteiger partial charge in [-0.3, -0.25) is 4.79 Å². The Balaban J connectivity index is 1.95. The van der Waals surface area contributed by atoms with Crippen molar-refractivity contribution in [1.82, 2.24) is 5.32 Å². The van der Waals surface area contributed by atoms with Gasteiger partial charge in [0.15, 0.2) is 18.1 Å². The van der Waals surface area contributed by atoms with Crippen LogP contribution >= 0.6 is 0 Å². The molecular weight excluding hydrogens is 338 g/mol. The quantitative estimate of drug-likeness (QED) is 0.591. The minimum absolute atomic E-state index is 0.322. The number of ether oxygens (including phenoxy) is 4. The Morgan fingerprint density at radius 1 is 1.27 bits per heavy atom. The number of esters is 1. The average Bonchev–Trinajstić information content (AvgIpc) is 2.63. The van der Waals surface area contributed by atoms with Crippen LogP contribution in [0.1, 0.15) is 32.8 Å². The molecular formula is C19H25NO6. The molecule has 1 heterocycles. The van der Waals surface area contributed by atoms with E-state index in [0.717, 1.165) is 6.42 Å². The molecule has 1 aliphatic heterocycles. The van der Waals surface area contributed by atoms with Crippen LogP contribution < -0.4 is 19.5 Å². The summed E-state index contributed by atoms with van der Waals surface area (Å²) in [5.41, 5.74) is 0.362. The van der Waals surface area contributed by atoms with E-state index >= 15 is 0 Å². The monoisotopic (exact) mass is 363 g/mol. The van der Waals surface area contributed by atoms with Gasteiger partial charge in [-0.15, -0.1) is 0 Å². The molecule has 2 rings (SSSR count). The fourth-order valence-electron chi connectivity index (χ4n) is 2.24. The van der Waals surface area contributed by atoms with Crippen LogP contribution in [0.2, 0.25) is 0 Å². The van der Waals surface area contributed by atoms with Crippen molar-refractivity contribution < 1.29 is 28.5 Å². The Morgan fingerprint density at radius 2 is 2.00 bits per heavy atom. The molecule has 1 aliphatic rings. The first-order chi connectivity index (χ1) is 12.3. The number of hydrogen-bond donors (Lipinski definition) is 1. The minimum Gasteiger partial charge on any atom is -0.493 e. The molecule has 1 aromatic rings. The summed E-state index contributed by atoms with van der Waals surface area (Å²) in [6, 6.07) is 3.48. The molecule has 0 atom stereocenters. The van der Waals surface area contributed by atoms with Gasteiger partial charge in [0.25, 0.3) is 5.91 Å². The average molecular weight is 363 g/mol. The second-order valence-corrected chi connectivity index (χ2v) is 6.47. The number of nitrogens with one attached hydrogen (secondary N) is 1. The third-order valence-corrected chi connectivity index (χ3v) is 3.97. The largest absolute Gasteiger partial charge is 0.493 e. The van der Waals surface area contributed by atoms with Crippen LogP contribution in [-0.2, 0) is 14.3 Å². The SMILES string of the molecule is CCC(C)(C)NC(=O)COC(=O)/C=C/c1cc(OC)c2c(c1)OCCO2. The third kappa shape index (κ3) is 5.40. The van der Waals surface area contributed by atoms with E-state index in [1.54, 1.807) is 18.2 Å². The van der Waals surface area contributed by atoms with Crippen LogP contribution in [0, 0.1) is 0 Å². The van der Waals surface area contributed by atoms with Crippen molar-refractivity contribution >= 4 is 18.0 Å². The molecule has 0 radical (unpaired) electrons. The Morgan fingerprint density at radius 3 is 2.69 bits per heavy atom. The zero-order valence-electron chi connectivity index (χ0n) is 15.6. The maximum absolute atomic E-state index is 11.8. The molecule has 0 spiro atoms. The summed E-state index contributed by atoms with van der Waals surface area (Å²) in [6.45, 7) is 6.37. The van der Waals surface area contributed by atoms with E-state index in [1.807, 2.05) is 20.8 Å². The van der Waals surface area contributed by atoms with Gasteiger partial charge in [-0.25, -0.2) is 4.79 Å². The van der Waals surface area contributed by atoms with Crippen molar-refractivity contribution in [3.63, 3.8) is 0 Å². The van der Waals surface area contributed by atoms with Crippen molar-refractivity contribution in [1.29, 1.82) is 0 Å². The highest BCUT2D eigenvalue weighted by Gasteiger charge is 2.19. The van der Waals surface area contributed by atoms with Crippen LogP contribution in [0.5, 0.6) is 17.2 Å². The first-order valence-corrected chi connectivity index (χ1v) is 8.48. The van der Waals surface area contributed by atoms with Gasteiger partial charge in [-0.2, -0.15) is 0 Å². The zero-order chi connectivity index (χ0) is 19.2. The van der Waals surface area contributed by atoms with Crippen LogP contribution in [0.3, 0.4) is 0 Å². The molecule has 0 unspecified atom stereocenters. The standard InChI is InChI=1S/C19H25NO6/c1-5-19(2,3)20-16(21)12-26-17(22)7-6-13-10-14(23-4)18-15(11-13)24-8-9-25-18/h6-7,10-11H,5,8-9,12H2,1-4H3,(H,20,21)/b7-6+. The highest BCUT2D eigenvalue weighted by atomic mass is 16.6. The lowest BCUT2D eigenvalue weighted by Crippen LogP contribution is -2.44. The van der Waals surface area contributed by atoms with E-state index in [9.17, 15) is 9.59 Å². The minimum atomic E-state index is -0.608. The maximum Gasteiger partial charge on any atom is 0.331 e. The highest BCUT2D eigenvalue weighted by Crippen LogP contribution is 2.40. The summed E-state index contributed by atoms with van der Waals surface area (Å²) in [5.74, 6) is 0.692. The van der Waals surface area contributed by atoms with E-state index in [1.165, 1.54) is 13.2 Å². The summed E-state index contributed by atoms with van der Waals surface area (Å²) in [5, 5.41) is 2.80. The van der Waals surface area contributed by atoms with Crippen molar-refractivity contribution in [3.05, 3.63) is 23.8 Å². The normalized spacial score (nSPS) is 13.4. The molecule has 26 heavy (non-hydrogen) atoms. The lowest BCUT2D eigenvalue weighted by molar-refractivity contribution is -0.144. The van der Waals surface area contributed by atoms with Crippen molar-refractivity contribution in [2.24, 2.45) is 0 Å². The number of methoxy groups -OCH3 is 1. The highest BCUT2D eigenvalue weighted by molar-refractivity contribution is 5.89. The fraction of sp³-hybridized carbons (Fsp3) is 0.474. The molecule has 0 saturated heterocycles. The Bertz CT molecular complexity index is 678. The predicted octanol–water partition coefficient (Wildman–Crippen LogP) is 2.33. The van der Waals surface area contributed by atoms with E-state index in [0.29, 0.717) is 36.0 Å². The third-order valence-electron chi connectivity index (χ3n) is 3.97. The summed E-state index contributed by atoms with van der Waals surface area (Å²) >= 11 is 0. The number of benzene rings is 1. The Hall–Kier alpha value is -2.70. The number of amides is 1. The van der Waals surface area contributed by atoms with E-state index < -0.39 is 5.97 Å². The summed E-state index contributed by atoms with van der Waals surface area (Å²) in [7, 11) is 1.53. The molecule has 0 bridgehead atoms. The van der Waals surface area contributed by atoms with Crippen molar-refractivity contribution in [2.45, 2.75) is 32.7 Å². The molecule has 0 aliphatic carbocycles. The number of rotatable bonds is 7. The molecule has 142 valence electrons. The maximum atomic E-state index is 11.8. The first-order valence-electron chi connectivity index (χ1n) is 8.48. The summed E-state index contributed by atoms with van der Waals surface area (Å²) in [4.78, 5) is 23.6. The fourth-order valence-corrected chi connectivity index (χ4v) is 2.24. The number of hydrogen-bond acceptors (Lipinski definition) is 6. The van der Waals surface area contributed by atoms with Gasteiger partial charge in [-0.1, -0.05) is 6.92 Å². The second-order valence-electron chi connectivity index (χ2n) is 6.47. The molecule has 0 saturated carbocycles. The smallest absolute Gasteiger partial charge is 0.331 e. The van der Waals surface area contributed by atoms with Crippen LogP contribution in [0.25, 0.3) is 6.08 Å². The van der Waals surface area contributed by atoms with Gasteiger partial charge >= 0.3 is 5.97 Å². The van der Waals surface area contributed by atoms with Gasteiger partial charge in [0, 0.05) is 11.6 Å². The molecule has 7 heteroatoms. The van der Waals surface area contributed by atoms with Crippen LogP contribution in [-0.4, -0.2) is 44.3 Å². The topological polar surface area (TPSA) is 83.1 Å². The van der Waals surface area contributed by atoms with Crippen LogP contribution in [0.15, 0.2) is 18.2 Å². The first kappa shape index (κ1) is 19.6. The Labute approximate surface area is 153 Å². The lowest BCUT2D eigenvalue weighted by Gasteiger charge is -2.24. The zero-order valence-corrected chi connectivity index (χ0v) is 15.6. The molecule has 1 N–H and O–H groups in total. The summed E-state index contributed by atoms with van der Waals surface area (Å²) in [6.07, 6.45) is 3.60. The van der Waals surface area contributed by atoms with Crippen LogP contribution in [0.4, 0.5) is 0 Å². The van der Waals surface area contributed by atoms with Crippen molar-refractivity contribution in [3.8, 4) is 17.2 Å². The van der Waals surface area contributed by atoms with Gasteiger partial charge < -0.3 is 24.3 Å². The Kier molecular flexibility index (Phi) is 6.49. The second kappa shape index (κ2) is 8.60. The summed E-state index contributed by atoms with van der Waals surface area (Å²) < 4.78 is 21.3. The number of carbonyl (C=O) groups excluding carboxylic acids is 2. The number of fused-ring (bicyclic) bond motifs is 1. The van der Waals surface area contributed by atoms with E-state index in [-0.39, 0.29) is 18.1 Å². The molecule has 0 fully saturated rings. The lowest BCUT2D eigenvalue weighted by atomic mass is 10.0. The molecule has 7 nitrogen and oxygen atoms in total. The van der Waals surface area contributed by atoms with E-state index in [4.69, 9.17) is 18.9 Å². The van der Waals surface area contributed by atoms with Gasteiger partial charge in [0.05, 0.1) is 7.11 Å². The molecule has 1 aromatic carbocycles. The van der Waals surface area contributed by atoms with Gasteiger partial charge in [-0.05, 0) is 44.0 Å². The molecule has 1 amide bonds.